The highest BCUT2D eigenvalue weighted by Crippen LogP contribution is 2.23. The molecule has 2 rings (SSSR count). The highest BCUT2D eigenvalue weighted by molar-refractivity contribution is 9.10. The van der Waals surface area contributed by atoms with Crippen molar-refractivity contribution in [1.29, 1.82) is 0 Å². The van der Waals surface area contributed by atoms with Gasteiger partial charge in [-0.05, 0) is 24.6 Å². The van der Waals surface area contributed by atoms with Crippen LogP contribution in [0.5, 0.6) is 0 Å². The quantitative estimate of drug-likeness (QED) is 0.770. The molecule has 0 saturated heterocycles. The Morgan fingerprint density at radius 2 is 2.25 bits per heavy atom. The van der Waals surface area contributed by atoms with E-state index >= 15 is 0 Å². The summed E-state index contributed by atoms with van der Waals surface area (Å²) in [5.74, 6) is -0.137. The lowest BCUT2D eigenvalue weighted by molar-refractivity contribution is 0.102. The highest BCUT2D eigenvalue weighted by atomic mass is 79.9. The molecular weight excluding hydrogens is 344 g/mol. The van der Waals surface area contributed by atoms with Crippen molar-refractivity contribution in [2.45, 2.75) is 13.5 Å². The molecule has 0 atom stereocenters. The summed E-state index contributed by atoms with van der Waals surface area (Å²) in [5, 5.41) is 4.48. The monoisotopic (exact) mass is 356 g/mol. The van der Waals surface area contributed by atoms with Gasteiger partial charge in [-0.15, -0.1) is 0 Å². The number of carbonyl (C=O) groups excluding carboxylic acids is 1. The number of halogens is 2. The number of carbonyl (C=O) groups is 1. The first-order chi connectivity index (χ1) is 9.54. The van der Waals surface area contributed by atoms with Gasteiger partial charge in [0.1, 0.15) is 5.69 Å². The van der Waals surface area contributed by atoms with Gasteiger partial charge in [0.15, 0.2) is 0 Å². The molecule has 0 aliphatic heterocycles. The lowest BCUT2D eigenvalue weighted by Crippen LogP contribution is -2.15. The number of aromatic nitrogens is 2. The van der Waals surface area contributed by atoms with Crippen molar-refractivity contribution in [3.05, 3.63) is 50.7 Å². The summed E-state index contributed by atoms with van der Waals surface area (Å²) in [4.78, 5) is 12.7. The van der Waals surface area contributed by atoms with Crippen molar-refractivity contribution < 1.29 is 9.53 Å². The molecule has 0 unspecified atom stereocenters. The SMILES string of the molecule is COCCn1ncc(Cl)c1C(=O)c1cc(Br)ccc1C. The topological polar surface area (TPSA) is 44.1 Å². The first-order valence-corrected chi connectivity index (χ1v) is 7.22. The lowest BCUT2D eigenvalue weighted by atomic mass is 10.0. The van der Waals surface area contributed by atoms with Gasteiger partial charge >= 0.3 is 0 Å². The number of aryl methyl sites for hydroxylation is 1. The average molecular weight is 358 g/mol. The van der Waals surface area contributed by atoms with E-state index in [1.165, 1.54) is 6.20 Å². The van der Waals surface area contributed by atoms with E-state index < -0.39 is 0 Å². The van der Waals surface area contributed by atoms with E-state index in [1.807, 2.05) is 19.1 Å². The molecule has 1 aromatic carbocycles. The minimum Gasteiger partial charge on any atom is -0.383 e. The zero-order chi connectivity index (χ0) is 14.7. The molecule has 106 valence electrons. The minimum absolute atomic E-state index is 0.137. The van der Waals surface area contributed by atoms with E-state index in [0.29, 0.717) is 29.4 Å². The second kappa shape index (κ2) is 6.52. The molecular formula is C14H14BrClN2O2. The minimum atomic E-state index is -0.137. The molecule has 0 saturated carbocycles. The van der Waals surface area contributed by atoms with Crippen LogP contribution in [0.1, 0.15) is 21.6 Å². The molecule has 1 heterocycles. The molecule has 2 aromatic rings. The Labute approximate surface area is 130 Å². The first-order valence-electron chi connectivity index (χ1n) is 6.05. The molecule has 0 aliphatic rings. The van der Waals surface area contributed by atoms with Crippen molar-refractivity contribution in [3.63, 3.8) is 0 Å². The summed E-state index contributed by atoms with van der Waals surface area (Å²) in [5.41, 5.74) is 1.90. The fourth-order valence-corrected chi connectivity index (χ4v) is 2.49. The van der Waals surface area contributed by atoms with E-state index in [-0.39, 0.29) is 5.78 Å². The highest BCUT2D eigenvalue weighted by Gasteiger charge is 2.20. The van der Waals surface area contributed by atoms with E-state index in [9.17, 15) is 4.79 Å². The van der Waals surface area contributed by atoms with Crippen LogP contribution in [0.3, 0.4) is 0 Å². The van der Waals surface area contributed by atoms with Crippen LogP contribution in [0.15, 0.2) is 28.9 Å². The molecule has 20 heavy (non-hydrogen) atoms. The fourth-order valence-electron chi connectivity index (χ4n) is 1.90. The van der Waals surface area contributed by atoms with E-state index in [0.717, 1.165) is 10.0 Å². The maximum Gasteiger partial charge on any atom is 0.212 e. The zero-order valence-corrected chi connectivity index (χ0v) is 13.5. The van der Waals surface area contributed by atoms with E-state index in [1.54, 1.807) is 17.9 Å². The fraction of sp³-hybridized carbons (Fsp3) is 0.286. The van der Waals surface area contributed by atoms with E-state index in [4.69, 9.17) is 16.3 Å². The number of rotatable bonds is 5. The molecule has 1 aromatic heterocycles. The van der Waals surface area contributed by atoms with Crippen LogP contribution in [-0.2, 0) is 11.3 Å². The van der Waals surface area contributed by atoms with Crippen LogP contribution >= 0.6 is 27.5 Å². The molecule has 0 bridgehead atoms. The van der Waals surface area contributed by atoms with Gasteiger partial charge in [0.25, 0.3) is 0 Å². The maximum absolute atomic E-state index is 12.7. The summed E-state index contributed by atoms with van der Waals surface area (Å²) < 4.78 is 7.45. The smallest absolute Gasteiger partial charge is 0.212 e. The summed E-state index contributed by atoms with van der Waals surface area (Å²) in [6, 6.07) is 5.58. The predicted molar refractivity (Wildman–Crippen MR) is 81.4 cm³/mol. The number of hydrogen-bond donors (Lipinski definition) is 0. The van der Waals surface area contributed by atoms with Gasteiger partial charge in [-0.3, -0.25) is 9.48 Å². The van der Waals surface area contributed by atoms with Gasteiger partial charge in [0.05, 0.1) is 24.4 Å². The Hall–Kier alpha value is -1.17. The number of methoxy groups -OCH3 is 1. The van der Waals surface area contributed by atoms with E-state index in [2.05, 4.69) is 21.0 Å². The lowest BCUT2D eigenvalue weighted by Gasteiger charge is -2.09. The first kappa shape index (κ1) is 15.2. The van der Waals surface area contributed by atoms with Crippen LogP contribution in [0, 0.1) is 6.92 Å². The third kappa shape index (κ3) is 3.11. The Kier molecular flexibility index (Phi) is 4.96. The Morgan fingerprint density at radius 1 is 1.50 bits per heavy atom. The summed E-state index contributed by atoms with van der Waals surface area (Å²) >= 11 is 9.48. The number of nitrogens with zero attached hydrogens (tertiary/aromatic N) is 2. The molecule has 0 radical (unpaired) electrons. The average Bonchev–Trinajstić information content (AvgIpc) is 2.79. The summed E-state index contributed by atoms with van der Waals surface area (Å²) in [6.07, 6.45) is 1.48. The molecule has 0 spiro atoms. The molecule has 0 aliphatic carbocycles. The second-order valence-electron chi connectivity index (χ2n) is 4.35. The van der Waals surface area contributed by atoms with Crippen molar-refractivity contribution in [3.8, 4) is 0 Å². The van der Waals surface area contributed by atoms with Crippen LogP contribution < -0.4 is 0 Å². The molecule has 4 nitrogen and oxygen atoms in total. The third-order valence-corrected chi connectivity index (χ3v) is 3.73. The van der Waals surface area contributed by atoms with Gasteiger partial charge in [-0.25, -0.2) is 0 Å². The van der Waals surface area contributed by atoms with Crippen molar-refractivity contribution >= 4 is 33.3 Å². The molecule has 0 amide bonds. The van der Waals surface area contributed by atoms with Gasteiger partial charge in [0.2, 0.25) is 5.78 Å². The summed E-state index contributed by atoms with van der Waals surface area (Å²) in [6.45, 7) is 2.84. The Morgan fingerprint density at radius 3 is 2.95 bits per heavy atom. The van der Waals surface area contributed by atoms with Crippen molar-refractivity contribution in [1.82, 2.24) is 9.78 Å². The number of hydrogen-bond acceptors (Lipinski definition) is 3. The zero-order valence-electron chi connectivity index (χ0n) is 11.2. The number of ketones is 1. The molecule has 0 N–H and O–H groups in total. The standard InChI is InChI=1S/C14H14BrClN2O2/c1-9-3-4-10(15)7-11(9)14(19)13-12(16)8-17-18(13)5-6-20-2/h3-4,7-8H,5-6H2,1-2H3. The number of benzene rings is 1. The Bertz CT molecular complexity index is 640. The van der Waals surface area contributed by atoms with Crippen LogP contribution in [0.25, 0.3) is 0 Å². The maximum atomic E-state index is 12.7. The van der Waals surface area contributed by atoms with Gasteiger partial charge < -0.3 is 4.74 Å². The van der Waals surface area contributed by atoms with Crippen LogP contribution in [0.2, 0.25) is 5.02 Å². The predicted octanol–water partition coefficient (Wildman–Crippen LogP) is 3.48. The normalized spacial score (nSPS) is 10.8. The largest absolute Gasteiger partial charge is 0.383 e. The van der Waals surface area contributed by atoms with Crippen LogP contribution in [0.4, 0.5) is 0 Å². The molecule has 0 fully saturated rings. The van der Waals surface area contributed by atoms with Crippen LogP contribution in [-0.4, -0.2) is 29.3 Å². The van der Waals surface area contributed by atoms with Crippen molar-refractivity contribution in [2.75, 3.05) is 13.7 Å². The van der Waals surface area contributed by atoms with Gasteiger partial charge in [-0.2, -0.15) is 5.10 Å². The molecule has 6 heteroatoms. The van der Waals surface area contributed by atoms with Crippen molar-refractivity contribution in [2.24, 2.45) is 0 Å². The summed E-state index contributed by atoms with van der Waals surface area (Å²) in [7, 11) is 1.60. The third-order valence-electron chi connectivity index (χ3n) is 2.96. The van der Waals surface area contributed by atoms with Gasteiger partial charge in [0, 0.05) is 17.1 Å². The Balaban J connectivity index is 2.42. The number of ether oxygens (including phenoxy) is 1. The second-order valence-corrected chi connectivity index (χ2v) is 5.67. The van der Waals surface area contributed by atoms with Gasteiger partial charge in [-0.1, -0.05) is 33.6 Å².